The highest BCUT2D eigenvalue weighted by atomic mass is 35.5. The lowest BCUT2D eigenvalue weighted by atomic mass is 10.2. The maximum Gasteiger partial charge on any atom is 0.292 e. The molecule has 26 heavy (non-hydrogen) atoms. The van der Waals surface area contributed by atoms with Crippen LogP contribution in [0.3, 0.4) is 0 Å². The molecule has 136 valence electrons. The molecule has 0 fully saturated rings. The molecule has 1 aromatic heterocycles. The van der Waals surface area contributed by atoms with Crippen LogP contribution in [0.4, 0.5) is 5.69 Å². The quantitative estimate of drug-likeness (QED) is 0.836. The number of amides is 2. The zero-order chi connectivity index (χ0) is 18.7. The third-order valence-corrected chi connectivity index (χ3v) is 5.32. The monoisotopic (exact) mass is 392 g/mol. The number of nitrogens with zero attached hydrogens (tertiary/aromatic N) is 3. The van der Waals surface area contributed by atoms with E-state index in [4.69, 9.17) is 11.6 Å². The van der Waals surface area contributed by atoms with Gasteiger partial charge in [-0.3, -0.25) is 14.4 Å². The van der Waals surface area contributed by atoms with Crippen LogP contribution in [0.2, 0.25) is 5.02 Å². The van der Waals surface area contributed by atoms with Crippen LogP contribution < -0.4 is 15.8 Å². The number of benzene rings is 1. The highest BCUT2D eigenvalue weighted by molar-refractivity contribution is 8.00. The van der Waals surface area contributed by atoms with Gasteiger partial charge < -0.3 is 10.2 Å². The van der Waals surface area contributed by atoms with Crippen LogP contribution in [-0.2, 0) is 22.7 Å². The third-order valence-electron chi connectivity index (χ3n) is 3.95. The molecule has 0 saturated heterocycles. The number of aromatic nitrogens is 2. The van der Waals surface area contributed by atoms with Crippen molar-refractivity contribution in [2.45, 2.75) is 24.9 Å². The fourth-order valence-electron chi connectivity index (χ4n) is 2.63. The van der Waals surface area contributed by atoms with E-state index in [1.54, 1.807) is 13.0 Å². The molecule has 9 heteroatoms. The van der Waals surface area contributed by atoms with Crippen molar-refractivity contribution in [3.63, 3.8) is 0 Å². The molecule has 3 rings (SSSR count). The lowest BCUT2D eigenvalue weighted by Gasteiger charge is -2.26. The molecular weight excluding hydrogens is 376 g/mol. The topological polar surface area (TPSA) is 84.3 Å². The number of thioether (sulfide) groups is 1. The van der Waals surface area contributed by atoms with Crippen molar-refractivity contribution in [3.05, 3.63) is 51.4 Å². The Balaban J connectivity index is 1.75. The Bertz CT molecular complexity index is 915. The highest BCUT2D eigenvalue weighted by Crippen LogP contribution is 2.31. The molecule has 1 N–H and O–H groups in total. The molecule has 0 aliphatic carbocycles. The molecule has 1 aliphatic rings. The number of fused-ring (bicyclic) bond motifs is 1. The number of hydrogen-bond donors (Lipinski definition) is 1. The van der Waals surface area contributed by atoms with E-state index in [9.17, 15) is 14.4 Å². The number of hydrogen-bond acceptors (Lipinski definition) is 5. The second-order valence-electron chi connectivity index (χ2n) is 5.62. The van der Waals surface area contributed by atoms with E-state index in [-0.39, 0.29) is 30.7 Å². The van der Waals surface area contributed by atoms with Gasteiger partial charge in [-0.1, -0.05) is 29.8 Å². The normalized spacial score (nSPS) is 13.5. The van der Waals surface area contributed by atoms with Crippen molar-refractivity contribution in [1.82, 2.24) is 15.1 Å². The summed E-state index contributed by atoms with van der Waals surface area (Å²) in [7, 11) is 0. The Morgan fingerprint density at radius 1 is 1.35 bits per heavy atom. The van der Waals surface area contributed by atoms with Gasteiger partial charge in [0, 0.05) is 18.1 Å². The van der Waals surface area contributed by atoms with Gasteiger partial charge in [0.05, 0.1) is 16.8 Å². The van der Waals surface area contributed by atoms with E-state index in [1.807, 2.05) is 18.2 Å². The van der Waals surface area contributed by atoms with E-state index in [0.717, 1.165) is 10.2 Å². The molecule has 1 aliphatic heterocycles. The van der Waals surface area contributed by atoms with Gasteiger partial charge in [-0.15, -0.1) is 11.8 Å². The van der Waals surface area contributed by atoms with E-state index in [0.29, 0.717) is 22.2 Å². The van der Waals surface area contributed by atoms with Crippen LogP contribution in [0, 0.1) is 0 Å². The smallest absolute Gasteiger partial charge is 0.292 e. The van der Waals surface area contributed by atoms with Crippen molar-refractivity contribution in [1.29, 1.82) is 0 Å². The number of rotatable bonds is 5. The minimum Gasteiger partial charge on any atom is -0.350 e. The summed E-state index contributed by atoms with van der Waals surface area (Å²) in [5, 5.41) is 7.34. The summed E-state index contributed by atoms with van der Waals surface area (Å²) < 4.78 is 1.07. The number of halogens is 1. The molecule has 2 aromatic rings. The lowest BCUT2D eigenvalue weighted by molar-refractivity contribution is -0.122. The zero-order valence-corrected chi connectivity index (χ0v) is 15.6. The molecule has 2 heterocycles. The average Bonchev–Trinajstić information content (AvgIpc) is 2.63. The number of carbonyl (C=O) groups is 2. The van der Waals surface area contributed by atoms with Crippen molar-refractivity contribution < 1.29 is 9.59 Å². The summed E-state index contributed by atoms with van der Waals surface area (Å²) in [6, 6.07) is 7.19. The fraction of sp³-hybridized carbons (Fsp3) is 0.294. The third kappa shape index (κ3) is 3.76. The van der Waals surface area contributed by atoms with Gasteiger partial charge in [0.25, 0.3) is 5.56 Å². The van der Waals surface area contributed by atoms with Gasteiger partial charge in [-0.25, -0.2) is 4.68 Å². The van der Waals surface area contributed by atoms with Crippen LogP contribution in [0.25, 0.3) is 0 Å². The summed E-state index contributed by atoms with van der Waals surface area (Å²) in [5.74, 6) is -0.204. The zero-order valence-electron chi connectivity index (χ0n) is 14.1. The Labute approximate surface area is 159 Å². The maximum absolute atomic E-state index is 12.7. The van der Waals surface area contributed by atoms with Gasteiger partial charge >= 0.3 is 0 Å². The SMILES string of the molecule is CCN1C(=O)CSc2cnn(CC(=O)NCc3ccccc3Cl)c(=O)c21. The summed E-state index contributed by atoms with van der Waals surface area (Å²) >= 11 is 7.34. The number of nitrogens with one attached hydrogen (secondary N) is 1. The van der Waals surface area contributed by atoms with Crippen LogP contribution >= 0.6 is 23.4 Å². The van der Waals surface area contributed by atoms with E-state index >= 15 is 0 Å². The molecule has 7 nitrogen and oxygen atoms in total. The molecular formula is C17H17ClN4O3S. The van der Waals surface area contributed by atoms with E-state index in [1.165, 1.54) is 22.9 Å². The first-order chi connectivity index (χ1) is 12.5. The summed E-state index contributed by atoms with van der Waals surface area (Å²) in [6.07, 6.45) is 1.53. The largest absolute Gasteiger partial charge is 0.350 e. The summed E-state index contributed by atoms with van der Waals surface area (Å²) in [4.78, 5) is 39.0. The minimum absolute atomic E-state index is 0.122. The lowest BCUT2D eigenvalue weighted by Crippen LogP contribution is -2.42. The number of anilines is 1. The summed E-state index contributed by atoms with van der Waals surface area (Å²) in [6.45, 7) is 2.23. The van der Waals surface area contributed by atoms with Crippen LogP contribution in [0.15, 0.2) is 40.2 Å². The van der Waals surface area contributed by atoms with E-state index < -0.39 is 5.56 Å². The van der Waals surface area contributed by atoms with Crippen molar-refractivity contribution in [2.24, 2.45) is 0 Å². The number of carbonyl (C=O) groups excluding carboxylic acids is 2. The maximum atomic E-state index is 12.7. The first kappa shape index (κ1) is 18.5. The standard InChI is InChI=1S/C17H17ClN4O3S/c1-2-21-15(24)10-26-13-8-20-22(17(25)16(13)21)9-14(23)19-7-11-5-3-4-6-12(11)18/h3-6,8H,2,7,9-10H2,1H3,(H,19,23). The molecule has 0 saturated carbocycles. The minimum atomic E-state index is -0.446. The summed E-state index contributed by atoms with van der Waals surface area (Å²) in [5.41, 5.74) is 0.632. The highest BCUT2D eigenvalue weighted by Gasteiger charge is 2.28. The van der Waals surface area contributed by atoms with Gasteiger partial charge in [0.1, 0.15) is 12.2 Å². The second-order valence-corrected chi connectivity index (χ2v) is 7.04. The molecule has 0 atom stereocenters. The first-order valence-electron chi connectivity index (χ1n) is 8.04. The van der Waals surface area contributed by atoms with Crippen LogP contribution in [0.1, 0.15) is 12.5 Å². The van der Waals surface area contributed by atoms with Gasteiger partial charge in [-0.05, 0) is 18.6 Å². The first-order valence-corrected chi connectivity index (χ1v) is 9.41. The Morgan fingerprint density at radius 3 is 2.85 bits per heavy atom. The molecule has 0 radical (unpaired) electrons. The molecule has 0 unspecified atom stereocenters. The van der Waals surface area contributed by atoms with Crippen LogP contribution in [0.5, 0.6) is 0 Å². The predicted octanol–water partition coefficient (Wildman–Crippen LogP) is 1.67. The van der Waals surface area contributed by atoms with Crippen molar-refractivity contribution in [3.8, 4) is 0 Å². The molecule has 0 spiro atoms. The van der Waals surface area contributed by atoms with Crippen molar-refractivity contribution in [2.75, 3.05) is 17.2 Å². The fourth-order valence-corrected chi connectivity index (χ4v) is 3.73. The van der Waals surface area contributed by atoms with E-state index in [2.05, 4.69) is 10.4 Å². The molecule has 2 amide bonds. The Morgan fingerprint density at radius 2 is 2.12 bits per heavy atom. The van der Waals surface area contributed by atoms with Crippen molar-refractivity contribution >= 4 is 40.9 Å². The van der Waals surface area contributed by atoms with Gasteiger partial charge in [0.2, 0.25) is 11.8 Å². The Hall–Kier alpha value is -2.32. The molecule has 1 aromatic carbocycles. The average molecular weight is 393 g/mol. The van der Waals surface area contributed by atoms with Crippen LogP contribution in [-0.4, -0.2) is 33.9 Å². The Kier molecular flexibility index (Phi) is 5.63. The molecule has 0 bridgehead atoms. The van der Waals surface area contributed by atoms with Gasteiger partial charge in [-0.2, -0.15) is 5.10 Å². The second kappa shape index (κ2) is 7.92. The van der Waals surface area contributed by atoms with Gasteiger partial charge in [0.15, 0.2) is 0 Å². The predicted molar refractivity (Wildman–Crippen MR) is 101 cm³/mol.